The summed E-state index contributed by atoms with van der Waals surface area (Å²) in [5.41, 5.74) is 8.01. The summed E-state index contributed by atoms with van der Waals surface area (Å²) >= 11 is 0. The number of anilines is 1. The van der Waals surface area contributed by atoms with Gasteiger partial charge in [-0.05, 0) is 5.56 Å². The van der Waals surface area contributed by atoms with E-state index in [1.54, 1.807) is 0 Å². The molecule has 0 saturated carbocycles. The molecule has 0 fully saturated rings. The van der Waals surface area contributed by atoms with Gasteiger partial charge in [-0.2, -0.15) is 4.98 Å². The fourth-order valence-corrected chi connectivity index (χ4v) is 1.50. The number of nitrogen functional groups attached to an aromatic ring is 1. The maximum Gasteiger partial charge on any atom is 0.262 e. The van der Waals surface area contributed by atoms with Crippen molar-refractivity contribution >= 4 is 17.0 Å². The van der Waals surface area contributed by atoms with Crippen LogP contribution in [0, 0.1) is 0 Å². The van der Waals surface area contributed by atoms with Crippen LogP contribution in [-0.2, 0) is 6.42 Å². The van der Waals surface area contributed by atoms with Crippen LogP contribution < -0.4 is 11.3 Å². The maximum atomic E-state index is 11.3. The van der Waals surface area contributed by atoms with Crippen molar-refractivity contribution in [2.45, 2.75) is 6.42 Å². The van der Waals surface area contributed by atoms with Crippen LogP contribution in [0.3, 0.4) is 0 Å². The third kappa shape index (κ3) is 0.538. The molecule has 0 spiro atoms. The minimum Gasteiger partial charge on any atom is -0.369 e. The number of nitrogens with two attached hydrogens (primary N) is 1. The topological polar surface area (TPSA) is 87.6 Å². The molecule has 0 amide bonds. The highest BCUT2D eigenvalue weighted by molar-refractivity contribution is 5.86. The van der Waals surface area contributed by atoms with Gasteiger partial charge in [-0.3, -0.25) is 9.78 Å². The lowest BCUT2D eigenvalue weighted by Crippen LogP contribution is -2.10. The molecule has 12 heavy (non-hydrogen) atoms. The molecule has 60 valence electrons. The predicted octanol–water partition coefficient (Wildman–Crippen LogP) is -0.262. The molecule has 0 radical (unpaired) electrons. The van der Waals surface area contributed by atoms with Crippen molar-refractivity contribution in [3.05, 3.63) is 21.6 Å². The molecule has 1 aliphatic rings. The third-order valence-corrected chi connectivity index (χ3v) is 2.10. The zero-order chi connectivity index (χ0) is 8.29. The lowest BCUT2D eigenvalue weighted by atomic mass is 10.3. The average Bonchev–Trinajstić information content (AvgIpc) is 2.60. The van der Waals surface area contributed by atoms with Gasteiger partial charge in [0.05, 0.1) is 5.39 Å². The van der Waals surface area contributed by atoms with E-state index >= 15 is 0 Å². The Morgan fingerprint density at radius 3 is 3.08 bits per heavy atom. The smallest absolute Gasteiger partial charge is 0.262 e. The van der Waals surface area contributed by atoms with E-state index in [1.165, 1.54) is 0 Å². The van der Waals surface area contributed by atoms with Crippen LogP contribution in [0.5, 0.6) is 0 Å². The molecule has 2 aromatic heterocycles. The van der Waals surface area contributed by atoms with E-state index in [1.807, 2.05) is 0 Å². The van der Waals surface area contributed by atoms with E-state index in [-0.39, 0.29) is 11.5 Å². The average molecular weight is 162 g/mol. The van der Waals surface area contributed by atoms with E-state index in [4.69, 9.17) is 5.73 Å². The fraction of sp³-hybridized carbons (Fsp3) is 0.143. The molecule has 0 aromatic carbocycles. The van der Waals surface area contributed by atoms with Crippen molar-refractivity contribution in [1.29, 1.82) is 0 Å². The standard InChI is InChI=1S/C7H6N4O/c8-7-10-5-4(6(12)11-7)2-1-3(2)9-5/h1H2,(H4,8,9,10,11,12). The first-order valence-electron chi connectivity index (χ1n) is 3.65. The fourth-order valence-electron chi connectivity index (χ4n) is 1.50. The Hall–Kier alpha value is -1.78. The van der Waals surface area contributed by atoms with Gasteiger partial charge in [0.15, 0.2) is 0 Å². The Balaban J connectivity index is 2.61. The van der Waals surface area contributed by atoms with Gasteiger partial charge in [-0.25, -0.2) is 0 Å². The molecular weight excluding hydrogens is 156 g/mol. The van der Waals surface area contributed by atoms with Crippen LogP contribution in [0.25, 0.3) is 11.0 Å². The molecular formula is C7H6N4O. The summed E-state index contributed by atoms with van der Waals surface area (Å²) in [7, 11) is 0. The Morgan fingerprint density at radius 2 is 2.25 bits per heavy atom. The maximum absolute atomic E-state index is 11.3. The number of aromatic amines is 2. The van der Waals surface area contributed by atoms with E-state index in [2.05, 4.69) is 15.0 Å². The highest BCUT2D eigenvalue weighted by Gasteiger charge is 2.26. The van der Waals surface area contributed by atoms with Gasteiger partial charge in [-0.15, -0.1) is 0 Å². The first-order chi connectivity index (χ1) is 5.75. The number of nitrogens with zero attached hydrogens (tertiary/aromatic N) is 1. The number of aromatic nitrogens is 3. The van der Waals surface area contributed by atoms with Crippen LogP contribution in [0.1, 0.15) is 11.3 Å². The van der Waals surface area contributed by atoms with Crippen molar-refractivity contribution < 1.29 is 0 Å². The summed E-state index contributed by atoms with van der Waals surface area (Å²) in [6, 6.07) is 0. The van der Waals surface area contributed by atoms with Crippen LogP contribution in [0.4, 0.5) is 5.95 Å². The largest absolute Gasteiger partial charge is 0.369 e. The Kier molecular flexibility index (Phi) is 0.739. The summed E-state index contributed by atoms with van der Waals surface area (Å²) in [6.07, 6.45) is 0.891. The Labute approximate surface area is 66.6 Å². The molecule has 0 unspecified atom stereocenters. The van der Waals surface area contributed by atoms with Crippen LogP contribution in [-0.4, -0.2) is 15.0 Å². The lowest BCUT2D eigenvalue weighted by Gasteiger charge is -1.92. The summed E-state index contributed by atoms with van der Waals surface area (Å²) in [4.78, 5) is 20.8. The number of nitrogens with one attached hydrogen (secondary N) is 2. The number of fused-ring (bicyclic) bond motifs is 3. The highest BCUT2D eigenvalue weighted by atomic mass is 16.1. The number of rotatable bonds is 0. The second-order valence-electron chi connectivity index (χ2n) is 2.93. The molecule has 0 atom stereocenters. The quantitative estimate of drug-likeness (QED) is 0.425. The SMILES string of the molecule is Nc1nc2[nH]c3c(c2c(=O)[nH]1)C3. The summed E-state index contributed by atoms with van der Waals surface area (Å²) < 4.78 is 0. The minimum atomic E-state index is -0.146. The highest BCUT2D eigenvalue weighted by Crippen LogP contribution is 2.32. The first-order valence-corrected chi connectivity index (χ1v) is 3.65. The van der Waals surface area contributed by atoms with Crippen molar-refractivity contribution in [2.24, 2.45) is 0 Å². The molecule has 2 aromatic rings. The molecule has 0 saturated heterocycles. The predicted molar refractivity (Wildman–Crippen MR) is 43.9 cm³/mol. The summed E-state index contributed by atoms with van der Waals surface area (Å²) in [5, 5.41) is 0.666. The van der Waals surface area contributed by atoms with E-state index in [0.717, 1.165) is 17.7 Å². The van der Waals surface area contributed by atoms with Crippen molar-refractivity contribution in [3.8, 4) is 0 Å². The summed E-state index contributed by atoms with van der Waals surface area (Å²) in [6.45, 7) is 0. The third-order valence-electron chi connectivity index (χ3n) is 2.10. The molecule has 4 N–H and O–H groups in total. The number of hydrogen-bond donors (Lipinski definition) is 3. The van der Waals surface area contributed by atoms with Gasteiger partial charge in [-0.1, -0.05) is 0 Å². The van der Waals surface area contributed by atoms with Crippen LogP contribution in [0.15, 0.2) is 4.79 Å². The van der Waals surface area contributed by atoms with Gasteiger partial charge in [0.25, 0.3) is 5.56 Å². The van der Waals surface area contributed by atoms with Crippen LogP contribution >= 0.6 is 0 Å². The Bertz CT molecular complexity index is 536. The second-order valence-corrected chi connectivity index (χ2v) is 2.93. The summed E-state index contributed by atoms with van der Waals surface area (Å²) in [5.74, 6) is 0.161. The van der Waals surface area contributed by atoms with Crippen molar-refractivity contribution in [2.75, 3.05) is 5.73 Å². The van der Waals surface area contributed by atoms with Gasteiger partial charge < -0.3 is 10.7 Å². The van der Waals surface area contributed by atoms with E-state index in [0.29, 0.717) is 11.0 Å². The van der Waals surface area contributed by atoms with Gasteiger partial charge in [0, 0.05) is 12.1 Å². The lowest BCUT2D eigenvalue weighted by molar-refractivity contribution is 1.16. The molecule has 0 bridgehead atoms. The van der Waals surface area contributed by atoms with Gasteiger partial charge in [0.2, 0.25) is 5.95 Å². The molecule has 2 heterocycles. The van der Waals surface area contributed by atoms with Gasteiger partial charge in [0.1, 0.15) is 5.65 Å². The van der Waals surface area contributed by atoms with E-state index in [9.17, 15) is 4.79 Å². The minimum absolute atomic E-state index is 0.146. The van der Waals surface area contributed by atoms with Crippen molar-refractivity contribution in [3.63, 3.8) is 0 Å². The Morgan fingerprint density at radius 1 is 1.42 bits per heavy atom. The normalized spacial score (nSPS) is 13.3. The molecule has 0 aliphatic heterocycles. The zero-order valence-corrected chi connectivity index (χ0v) is 6.14. The van der Waals surface area contributed by atoms with E-state index < -0.39 is 0 Å². The van der Waals surface area contributed by atoms with Gasteiger partial charge >= 0.3 is 0 Å². The zero-order valence-electron chi connectivity index (χ0n) is 6.14. The monoisotopic (exact) mass is 162 g/mol. The number of H-pyrrole nitrogens is 2. The molecule has 3 rings (SSSR count). The molecule has 5 nitrogen and oxygen atoms in total. The molecule has 1 aliphatic carbocycles. The number of hydrogen-bond acceptors (Lipinski definition) is 3. The first kappa shape index (κ1) is 5.82. The van der Waals surface area contributed by atoms with Crippen molar-refractivity contribution in [1.82, 2.24) is 15.0 Å². The van der Waals surface area contributed by atoms with Crippen LogP contribution in [0.2, 0.25) is 0 Å². The second kappa shape index (κ2) is 1.52. The molecule has 5 heteroatoms.